The Morgan fingerprint density at radius 1 is 1.15 bits per heavy atom. The number of para-hydroxylation sites is 1. The smallest absolute Gasteiger partial charge is 0.341 e. The van der Waals surface area contributed by atoms with Gasteiger partial charge in [0.05, 0.1) is 12.0 Å². The maximum atomic E-state index is 13.6. The highest BCUT2D eigenvalue weighted by molar-refractivity contribution is 5.78. The summed E-state index contributed by atoms with van der Waals surface area (Å²) in [6.07, 6.45) is 0.513. The van der Waals surface area contributed by atoms with Crippen LogP contribution in [0.25, 0.3) is 0 Å². The van der Waals surface area contributed by atoms with Crippen molar-refractivity contribution in [2.75, 3.05) is 6.61 Å². The minimum atomic E-state index is -1.12. The molecule has 0 spiro atoms. The zero-order valence-corrected chi connectivity index (χ0v) is 18.0. The number of phenols is 1. The van der Waals surface area contributed by atoms with Crippen molar-refractivity contribution >= 4 is 11.9 Å². The predicted octanol–water partition coefficient (Wildman–Crippen LogP) is 3.01. The lowest BCUT2D eigenvalue weighted by Gasteiger charge is -2.27. The second-order valence-electron chi connectivity index (χ2n) is 7.89. The van der Waals surface area contributed by atoms with Gasteiger partial charge >= 0.3 is 11.9 Å². The molecule has 1 atom stereocenters. The normalized spacial score (nSPS) is 14.9. The molecule has 8 heteroatoms. The van der Waals surface area contributed by atoms with Crippen LogP contribution in [0, 0.1) is 6.92 Å². The highest BCUT2D eigenvalue weighted by Crippen LogP contribution is 2.40. The van der Waals surface area contributed by atoms with Crippen LogP contribution in [0.3, 0.4) is 0 Å². The van der Waals surface area contributed by atoms with Crippen molar-refractivity contribution in [1.29, 1.82) is 0 Å². The molecule has 33 heavy (non-hydrogen) atoms. The average Bonchev–Trinajstić information content (AvgIpc) is 2.78. The lowest BCUT2D eigenvalue weighted by Crippen LogP contribution is -2.33. The average molecular weight is 449 g/mol. The number of pyridine rings is 1. The van der Waals surface area contributed by atoms with E-state index in [1.54, 1.807) is 66.1 Å². The lowest BCUT2D eigenvalue weighted by atomic mass is 9.86. The number of phenolic OH excluding ortho intramolecular Hbond substituents is 1. The number of aryl methyl sites for hydroxylation is 2. The summed E-state index contributed by atoms with van der Waals surface area (Å²) in [4.78, 5) is 36.9. The number of carbonyl (C=O) groups excluding carboxylic acids is 1. The zero-order valence-electron chi connectivity index (χ0n) is 18.0. The van der Waals surface area contributed by atoms with E-state index < -0.39 is 24.5 Å². The van der Waals surface area contributed by atoms with Crippen molar-refractivity contribution in [1.82, 2.24) is 4.57 Å². The molecule has 0 saturated carbocycles. The predicted molar refractivity (Wildman–Crippen MR) is 119 cm³/mol. The summed E-state index contributed by atoms with van der Waals surface area (Å²) >= 11 is 0. The molecule has 0 saturated heterocycles. The molecule has 2 heterocycles. The van der Waals surface area contributed by atoms with Crippen LogP contribution < -0.4 is 15.0 Å². The minimum Gasteiger partial charge on any atom is -0.508 e. The first kappa shape index (κ1) is 22.1. The number of benzene rings is 2. The number of aromatic nitrogens is 1. The molecule has 1 aromatic heterocycles. The van der Waals surface area contributed by atoms with Gasteiger partial charge in [0.25, 0.3) is 5.56 Å². The number of hydrogen-bond acceptors (Lipinski definition) is 6. The molecule has 170 valence electrons. The summed E-state index contributed by atoms with van der Waals surface area (Å²) in [6.45, 7) is 1.65. The molecule has 1 aliphatic rings. The van der Waals surface area contributed by atoms with E-state index in [0.717, 1.165) is 5.56 Å². The van der Waals surface area contributed by atoms with Crippen LogP contribution in [0.2, 0.25) is 0 Å². The number of carbonyl (C=O) groups is 2. The molecule has 4 rings (SSSR count). The van der Waals surface area contributed by atoms with Crippen LogP contribution in [0.4, 0.5) is 0 Å². The molecular formula is C25H23NO7. The Morgan fingerprint density at radius 3 is 2.61 bits per heavy atom. The van der Waals surface area contributed by atoms with Crippen LogP contribution in [-0.2, 0) is 22.6 Å². The van der Waals surface area contributed by atoms with Crippen molar-refractivity contribution in [3.05, 3.63) is 87.3 Å². The molecular weight excluding hydrogens is 426 g/mol. The van der Waals surface area contributed by atoms with Gasteiger partial charge < -0.3 is 24.3 Å². The fourth-order valence-electron chi connectivity index (χ4n) is 4.08. The van der Waals surface area contributed by atoms with Crippen molar-refractivity contribution in [3.8, 4) is 17.2 Å². The molecule has 0 amide bonds. The first-order valence-electron chi connectivity index (χ1n) is 10.5. The summed E-state index contributed by atoms with van der Waals surface area (Å²) in [5, 5.41) is 18.5. The van der Waals surface area contributed by atoms with Crippen LogP contribution in [0.5, 0.6) is 17.2 Å². The molecule has 0 aliphatic carbocycles. The monoisotopic (exact) mass is 449 g/mol. The number of hydrogen-bond donors (Lipinski definition) is 2. The number of ether oxygens (including phenoxy) is 2. The summed E-state index contributed by atoms with van der Waals surface area (Å²) in [5.74, 6) is -1.52. The quantitative estimate of drug-likeness (QED) is 0.533. The molecule has 8 nitrogen and oxygen atoms in total. The number of esters is 1. The Labute approximate surface area is 189 Å². The summed E-state index contributed by atoms with van der Waals surface area (Å²) in [5.41, 5.74) is 2.25. The van der Waals surface area contributed by atoms with E-state index in [-0.39, 0.29) is 23.5 Å². The second-order valence-corrected chi connectivity index (χ2v) is 7.89. The van der Waals surface area contributed by atoms with E-state index in [9.17, 15) is 19.5 Å². The van der Waals surface area contributed by atoms with E-state index in [1.807, 2.05) is 0 Å². The topological polar surface area (TPSA) is 115 Å². The van der Waals surface area contributed by atoms with Gasteiger partial charge in [-0.15, -0.1) is 0 Å². The largest absolute Gasteiger partial charge is 0.508 e. The molecule has 3 aromatic rings. The van der Waals surface area contributed by atoms with Gasteiger partial charge in [0, 0.05) is 29.8 Å². The van der Waals surface area contributed by atoms with Crippen LogP contribution in [0.1, 0.15) is 34.7 Å². The number of rotatable bonds is 7. The third kappa shape index (κ3) is 4.74. The number of carboxylic acid groups (broad SMARTS) is 1. The number of nitrogens with zero attached hydrogens (tertiary/aromatic N) is 1. The van der Waals surface area contributed by atoms with E-state index in [2.05, 4.69) is 0 Å². The van der Waals surface area contributed by atoms with E-state index in [4.69, 9.17) is 14.6 Å². The van der Waals surface area contributed by atoms with Gasteiger partial charge in [0.2, 0.25) is 0 Å². The highest BCUT2D eigenvalue weighted by atomic mass is 16.5. The summed E-state index contributed by atoms with van der Waals surface area (Å²) in [6, 6.07) is 15.3. The van der Waals surface area contributed by atoms with Gasteiger partial charge in [-0.2, -0.15) is 0 Å². The minimum absolute atomic E-state index is 0.0588. The molecule has 0 radical (unpaired) electrons. The number of aliphatic carboxylic acids is 1. The lowest BCUT2D eigenvalue weighted by molar-refractivity contribution is -0.139. The first-order chi connectivity index (χ1) is 15.8. The van der Waals surface area contributed by atoms with Gasteiger partial charge in [-0.3, -0.25) is 9.59 Å². The second kappa shape index (κ2) is 9.20. The van der Waals surface area contributed by atoms with Gasteiger partial charge in [0.15, 0.2) is 6.61 Å². The molecule has 0 fully saturated rings. The number of aromatic hydroxyl groups is 1. The van der Waals surface area contributed by atoms with Crippen molar-refractivity contribution < 1.29 is 29.3 Å². The van der Waals surface area contributed by atoms with Crippen molar-refractivity contribution in [2.24, 2.45) is 0 Å². The Balaban J connectivity index is 1.73. The maximum Gasteiger partial charge on any atom is 0.341 e. The van der Waals surface area contributed by atoms with Gasteiger partial charge in [-0.25, -0.2) is 4.79 Å². The van der Waals surface area contributed by atoms with Crippen molar-refractivity contribution in [3.63, 3.8) is 0 Å². The molecule has 2 aromatic carbocycles. The Morgan fingerprint density at radius 2 is 1.88 bits per heavy atom. The fraction of sp³-hybridized carbons (Fsp3) is 0.240. The van der Waals surface area contributed by atoms with Gasteiger partial charge in [0.1, 0.15) is 17.2 Å². The van der Waals surface area contributed by atoms with Gasteiger partial charge in [-0.1, -0.05) is 30.3 Å². The van der Waals surface area contributed by atoms with Gasteiger partial charge in [-0.05, 0) is 37.1 Å². The molecule has 0 unspecified atom stereocenters. The third-order valence-electron chi connectivity index (χ3n) is 5.66. The SMILES string of the molecule is Cc1cc2c(c(=O)n1CCc1ccc(O)cc1)[C@@H](c1ccccc1OCC(=O)O)CC(=O)O2. The van der Waals surface area contributed by atoms with E-state index in [0.29, 0.717) is 35.5 Å². The van der Waals surface area contributed by atoms with Crippen molar-refractivity contribution in [2.45, 2.75) is 32.2 Å². The number of fused-ring (bicyclic) bond motifs is 1. The Kier molecular flexibility index (Phi) is 6.17. The van der Waals surface area contributed by atoms with E-state index >= 15 is 0 Å². The van der Waals surface area contributed by atoms with Crippen LogP contribution in [-0.4, -0.2) is 33.3 Å². The maximum absolute atomic E-state index is 13.6. The Bertz CT molecular complexity index is 1260. The summed E-state index contributed by atoms with van der Waals surface area (Å²) in [7, 11) is 0. The molecule has 1 aliphatic heterocycles. The summed E-state index contributed by atoms with van der Waals surface area (Å²) < 4.78 is 12.5. The fourth-order valence-corrected chi connectivity index (χ4v) is 4.08. The first-order valence-corrected chi connectivity index (χ1v) is 10.5. The zero-order chi connectivity index (χ0) is 23.5. The van der Waals surface area contributed by atoms with Crippen LogP contribution >= 0.6 is 0 Å². The number of carboxylic acids is 1. The Hall–Kier alpha value is -4.07. The molecule has 0 bridgehead atoms. The third-order valence-corrected chi connectivity index (χ3v) is 5.66. The standard InChI is InChI=1S/C25H23NO7/c1-15-12-21-24(25(31)26(15)11-10-16-6-8-17(27)9-7-16)19(13-23(30)33-21)18-4-2-3-5-20(18)32-14-22(28)29/h2-9,12,19,27H,10-11,13-14H2,1H3,(H,28,29)/t19-/m1/s1. The molecule has 2 N–H and O–H groups in total. The van der Waals surface area contributed by atoms with E-state index in [1.165, 1.54) is 0 Å². The van der Waals surface area contributed by atoms with Crippen LogP contribution in [0.15, 0.2) is 59.4 Å². The highest BCUT2D eigenvalue weighted by Gasteiger charge is 2.34.